The third kappa shape index (κ3) is 8.12. The van der Waals surface area contributed by atoms with Crippen molar-refractivity contribution < 1.29 is 19.1 Å². The van der Waals surface area contributed by atoms with Crippen molar-refractivity contribution in [1.29, 1.82) is 0 Å². The SMILES string of the molecule is CCCCCOc1ccccc1C(=O)NNC(=O)c1ccc(NC(=O)CCCC)cc1. The van der Waals surface area contributed by atoms with Crippen LogP contribution in [0.15, 0.2) is 48.5 Å². The van der Waals surface area contributed by atoms with Gasteiger partial charge in [-0.25, -0.2) is 0 Å². The summed E-state index contributed by atoms with van der Waals surface area (Å²) in [5.41, 5.74) is 6.16. The number of ether oxygens (including phenoxy) is 1. The van der Waals surface area contributed by atoms with Crippen molar-refractivity contribution >= 4 is 23.4 Å². The molecule has 0 bridgehead atoms. The van der Waals surface area contributed by atoms with Gasteiger partial charge in [-0.3, -0.25) is 25.2 Å². The molecule has 0 aromatic heterocycles. The summed E-state index contributed by atoms with van der Waals surface area (Å²) in [6.45, 7) is 4.67. The van der Waals surface area contributed by atoms with E-state index in [0.717, 1.165) is 32.1 Å². The lowest BCUT2D eigenvalue weighted by molar-refractivity contribution is -0.116. The molecule has 2 rings (SSSR count). The average molecular weight is 426 g/mol. The van der Waals surface area contributed by atoms with Crippen LogP contribution in [0.3, 0.4) is 0 Å². The summed E-state index contributed by atoms with van der Waals surface area (Å²) in [5.74, 6) is -0.492. The first-order chi connectivity index (χ1) is 15.0. The molecule has 0 unspecified atom stereocenters. The molecule has 0 spiro atoms. The number of para-hydroxylation sites is 1. The Kier molecular flexibility index (Phi) is 10.1. The van der Waals surface area contributed by atoms with Crippen LogP contribution in [0.1, 0.15) is 73.1 Å². The quantitative estimate of drug-likeness (QED) is 0.366. The highest BCUT2D eigenvalue weighted by Crippen LogP contribution is 2.18. The molecule has 7 heteroatoms. The Morgan fingerprint density at radius 1 is 0.806 bits per heavy atom. The van der Waals surface area contributed by atoms with Crippen LogP contribution >= 0.6 is 0 Å². The van der Waals surface area contributed by atoms with E-state index < -0.39 is 11.8 Å². The number of carbonyl (C=O) groups excluding carboxylic acids is 3. The number of benzene rings is 2. The molecule has 0 atom stereocenters. The van der Waals surface area contributed by atoms with E-state index in [-0.39, 0.29) is 5.91 Å². The van der Waals surface area contributed by atoms with Crippen LogP contribution < -0.4 is 20.9 Å². The van der Waals surface area contributed by atoms with Crippen molar-refractivity contribution in [3.63, 3.8) is 0 Å². The number of nitrogens with one attached hydrogen (secondary N) is 3. The normalized spacial score (nSPS) is 10.3. The summed E-state index contributed by atoms with van der Waals surface area (Å²) in [4.78, 5) is 36.6. The van der Waals surface area contributed by atoms with Crippen molar-refractivity contribution in [3.8, 4) is 5.75 Å². The first-order valence-electron chi connectivity index (χ1n) is 10.8. The smallest absolute Gasteiger partial charge is 0.273 e. The third-order valence-corrected chi connectivity index (χ3v) is 4.61. The van der Waals surface area contributed by atoms with Gasteiger partial charge in [-0.2, -0.15) is 0 Å². The van der Waals surface area contributed by atoms with Gasteiger partial charge in [0.05, 0.1) is 12.2 Å². The van der Waals surface area contributed by atoms with Gasteiger partial charge in [-0.15, -0.1) is 0 Å². The highest BCUT2D eigenvalue weighted by molar-refractivity contribution is 6.00. The molecule has 0 radical (unpaired) electrons. The standard InChI is InChI=1S/C24H31N3O4/c1-3-5-9-17-31-21-11-8-7-10-20(21)24(30)27-26-23(29)18-13-15-19(16-14-18)25-22(28)12-6-4-2/h7-8,10-11,13-16H,3-6,9,12,17H2,1-2H3,(H,25,28)(H,26,29)(H,27,30). The summed E-state index contributed by atoms with van der Waals surface area (Å²) in [6.07, 6.45) is 5.31. The van der Waals surface area contributed by atoms with E-state index >= 15 is 0 Å². The van der Waals surface area contributed by atoms with Crippen LogP contribution in [0.25, 0.3) is 0 Å². The molecule has 0 saturated heterocycles. The Hall–Kier alpha value is -3.35. The van der Waals surface area contributed by atoms with Gasteiger partial charge in [0.2, 0.25) is 5.91 Å². The van der Waals surface area contributed by atoms with Gasteiger partial charge < -0.3 is 10.1 Å². The molecule has 0 fully saturated rings. The minimum atomic E-state index is -0.460. The molecule has 0 saturated carbocycles. The van der Waals surface area contributed by atoms with Crippen LogP contribution in [0.2, 0.25) is 0 Å². The van der Waals surface area contributed by atoms with Crippen LogP contribution in [0.4, 0.5) is 5.69 Å². The summed E-state index contributed by atoms with van der Waals surface area (Å²) < 4.78 is 5.71. The maximum absolute atomic E-state index is 12.5. The number of anilines is 1. The summed E-state index contributed by atoms with van der Waals surface area (Å²) in [7, 11) is 0. The molecule has 2 aromatic rings. The fourth-order valence-corrected chi connectivity index (χ4v) is 2.83. The van der Waals surface area contributed by atoms with Crippen LogP contribution in [-0.4, -0.2) is 24.3 Å². The molecule has 166 valence electrons. The van der Waals surface area contributed by atoms with Crippen molar-refractivity contribution in [2.45, 2.75) is 52.4 Å². The third-order valence-electron chi connectivity index (χ3n) is 4.61. The van der Waals surface area contributed by atoms with Crippen LogP contribution in [0.5, 0.6) is 5.75 Å². The molecular formula is C24H31N3O4. The van der Waals surface area contributed by atoms with E-state index in [9.17, 15) is 14.4 Å². The van der Waals surface area contributed by atoms with Gasteiger partial charge in [0.25, 0.3) is 11.8 Å². The monoisotopic (exact) mass is 425 g/mol. The van der Waals surface area contributed by atoms with Crippen molar-refractivity contribution in [2.75, 3.05) is 11.9 Å². The zero-order chi connectivity index (χ0) is 22.5. The fourth-order valence-electron chi connectivity index (χ4n) is 2.83. The lowest BCUT2D eigenvalue weighted by Gasteiger charge is -2.12. The lowest BCUT2D eigenvalue weighted by Crippen LogP contribution is -2.41. The first-order valence-corrected chi connectivity index (χ1v) is 10.8. The van der Waals surface area contributed by atoms with Gasteiger partial charge >= 0.3 is 0 Å². The van der Waals surface area contributed by atoms with E-state index in [4.69, 9.17) is 4.74 Å². The maximum Gasteiger partial charge on any atom is 0.273 e. The minimum Gasteiger partial charge on any atom is -0.493 e. The molecule has 0 heterocycles. The van der Waals surface area contributed by atoms with Crippen molar-refractivity contribution in [2.24, 2.45) is 0 Å². The van der Waals surface area contributed by atoms with E-state index in [1.807, 2.05) is 6.92 Å². The molecule has 0 aliphatic heterocycles. The Labute approximate surface area is 183 Å². The molecule has 0 aliphatic carbocycles. The van der Waals surface area contributed by atoms with Gasteiger partial charge in [0.15, 0.2) is 0 Å². The largest absolute Gasteiger partial charge is 0.493 e. The van der Waals surface area contributed by atoms with E-state index in [2.05, 4.69) is 23.1 Å². The number of hydrogen-bond donors (Lipinski definition) is 3. The topological polar surface area (TPSA) is 96.5 Å². The zero-order valence-corrected chi connectivity index (χ0v) is 18.2. The van der Waals surface area contributed by atoms with E-state index in [0.29, 0.717) is 35.6 Å². The van der Waals surface area contributed by atoms with Gasteiger partial charge in [0.1, 0.15) is 5.75 Å². The molecule has 0 aliphatic rings. The van der Waals surface area contributed by atoms with Crippen LogP contribution in [0, 0.1) is 0 Å². The van der Waals surface area contributed by atoms with Crippen LogP contribution in [-0.2, 0) is 4.79 Å². The minimum absolute atomic E-state index is 0.0538. The molecule has 2 aromatic carbocycles. The maximum atomic E-state index is 12.5. The number of hydrogen-bond acceptors (Lipinski definition) is 4. The molecule has 3 amide bonds. The van der Waals surface area contributed by atoms with E-state index in [1.54, 1.807) is 48.5 Å². The fraction of sp³-hybridized carbons (Fsp3) is 0.375. The molecule has 31 heavy (non-hydrogen) atoms. The average Bonchev–Trinajstić information content (AvgIpc) is 2.79. The Morgan fingerprint density at radius 2 is 1.48 bits per heavy atom. The Bertz CT molecular complexity index is 865. The van der Waals surface area contributed by atoms with Gasteiger partial charge in [0, 0.05) is 17.7 Å². The van der Waals surface area contributed by atoms with Gasteiger partial charge in [-0.1, -0.05) is 45.2 Å². The number of carbonyl (C=O) groups is 3. The summed E-state index contributed by atoms with van der Waals surface area (Å²) in [5, 5.41) is 2.79. The summed E-state index contributed by atoms with van der Waals surface area (Å²) in [6, 6.07) is 13.4. The highest BCUT2D eigenvalue weighted by Gasteiger charge is 2.14. The highest BCUT2D eigenvalue weighted by atomic mass is 16.5. The lowest BCUT2D eigenvalue weighted by atomic mass is 10.2. The predicted octanol–water partition coefficient (Wildman–Crippen LogP) is 4.46. The van der Waals surface area contributed by atoms with Crippen molar-refractivity contribution in [3.05, 3.63) is 59.7 Å². The second-order valence-corrected chi connectivity index (χ2v) is 7.19. The Balaban J connectivity index is 1.88. The first kappa shape index (κ1) is 23.9. The number of hydrazine groups is 1. The van der Waals surface area contributed by atoms with Crippen molar-refractivity contribution in [1.82, 2.24) is 10.9 Å². The second kappa shape index (κ2) is 13.1. The second-order valence-electron chi connectivity index (χ2n) is 7.19. The molecule has 7 nitrogen and oxygen atoms in total. The number of unbranched alkanes of at least 4 members (excludes halogenated alkanes) is 3. The van der Waals surface area contributed by atoms with E-state index in [1.165, 1.54) is 0 Å². The Morgan fingerprint density at radius 3 is 2.19 bits per heavy atom. The zero-order valence-electron chi connectivity index (χ0n) is 18.2. The predicted molar refractivity (Wildman–Crippen MR) is 121 cm³/mol. The summed E-state index contributed by atoms with van der Waals surface area (Å²) >= 11 is 0. The number of amides is 3. The molecule has 3 N–H and O–H groups in total. The van der Waals surface area contributed by atoms with Gasteiger partial charge in [-0.05, 0) is 49.2 Å². The molecular weight excluding hydrogens is 394 g/mol. The number of rotatable bonds is 11.